The smallest absolute Gasteiger partial charge is 0.338 e. The summed E-state index contributed by atoms with van der Waals surface area (Å²) in [4.78, 5) is 24.0. The molecule has 0 radical (unpaired) electrons. The second-order valence-corrected chi connectivity index (χ2v) is 6.96. The summed E-state index contributed by atoms with van der Waals surface area (Å²) in [6.07, 6.45) is 0.898. The Bertz CT molecular complexity index is 856. The van der Waals surface area contributed by atoms with E-state index in [1.807, 2.05) is 6.92 Å². The maximum atomic E-state index is 12.4. The van der Waals surface area contributed by atoms with E-state index in [0.29, 0.717) is 40.3 Å². The Hall–Kier alpha value is -2.45. The van der Waals surface area contributed by atoms with Crippen LogP contribution in [0.15, 0.2) is 46.9 Å². The van der Waals surface area contributed by atoms with Gasteiger partial charge in [0.1, 0.15) is 5.75 Å². The molecule has 2 aromatic carbocycles. The highest BCUT2D eigenvalue weighted by atomic mass is 79.9. The van der Waals surface area contributed by atoms with Crippen molar-refractivity contribution in [3.8, 4) is 5.75 Å². The van der Waals surface area contributed by atoms with Gasteiger partial charge >= 0.3 is 5.97 Å². The fourth-order valence-corrected chi connectivity index (χ4v) is 2.92. The lowest BCUT2D eigenvalue weighted by atomic mass is 10.2. The van der Waals surface area contributed by atoms with Crippen LogP contribution in [-0.2, 0) is 4.74 Å². The van der Waals surface area contributed by atoms with Gasteiger partial charge in [-0.05, 0) is 84.0 Å². The molecule has 6 nitrogen and oxygen atoms in total. The first-order chi connectivity index (χ1) is 13.4. The number of ether oxygens (including phenoxy) is 2. The second-order valence-electron chi connectivity index (χ2n) is 5.70. The standard InChI is InChI=1S/C20H21BrN2O4S/c1-3-11-27-17-10-7-14(12-16(17)21)18(24)23-20(28)22-15-8-5-13(6-9-15)19(25)26-4-2/h5-10,12H,3-4,11H2,1-2H3,(H2,22,23,24,28). The Morgan fingerprint density at radius 3 is 2.36 bits per heavy atom. The number of anilines is 1. The van der Waals surface area contributed by atoms with E-state index in [4.69, 9.17) is 21.7 Å². The van der Waals surface area contributed by atoms with E-state index < -0.39 is 0 Å². The molecule has 0 aliphatic rings. The van der Waals surface area contributed by atoms with Crippen molar-refractivity contribution in [2.75, 3.05) is 18.5 Å². The molecule has 0 atom stereocenters. The van der Waals surface area contributed by atoms with Crippen molar-refractivity contribution in [3.63, 3.8) is 0 Å². The minimum Gasteiger partial charge on any atom is -0.492 e. The van der Waals surface area contributed by atoms with E-state index in [1.54, 1.807) is 49.4 Å². The quantitative estimate of drug-likeness (QED) is 0.462. The number of hydrogen-bond acceptors (Lipinski definition) is 5. The molecule has 0 spiro atoms. The van der Waals surface area contributed by atoms with Crippen molar-refractivity contribution in [2.24, 2.45) is 0 Å². The van der Waals surface area contributed by atoms with Crippen molar-refractivity contribution in [2.45, 2.75) is 20.3 Å². The second kappa shape index (κ2) is 10.8. The normalized spacial score (nSPS) is 10.1. The summed E-state index contributed by atoms with van der Waals surface area (Å²) in [6, 6.07) is 11.7. The Balaban J connectivity index is 1.94. The lowest BCUT2D eigenvalue weighted by Crippen LogP contribution is -2.34. The summed E-state index contributed by atoms with van der Waals surface area (Å²) in [7, 11) is 0. The van der Waals surface area contributed by atoms with Gasteiger partial charge in [-0.3, -0.25) is 10.1 Å². The number of benzene rings is 2. The third kappa shape index (κ3) is 6.31. The molecule has 28 heavy (non-hydrogen) atoms. The van der Waals surface area contributed by atoms with Crippen LogP contribution in [0.4, 0.5) is 5.69 Å². The number of esters is 1. The zero-order chi connectivity index (χ0) is 20.5. The largest absolute Gasteiger partial charge is 0.492 e. The SMILES string of the molecule is CCCOc1ccc(C(=O)NC(=S)Nc2ccc(C(=O)OCC)cc2)cc1Br. The van der Waals surface area contributed by atoms with Crippen molar-refractivity contribution < 1.29 is 19.1 Å². The van der Waals surface area contributed by atoms with Crippen molar-refractivity contribution >= 4 is 50.8 Å². The maximum Gasteiger partial charge on any atom is 0.338 e. The van der Waals surface area contributed by atoms with Gasteiger partial charge in [-0.2, -0.15) is 0 Å². The van der Waals surface area contributed by atoms with Crippen LogP contribution in [0.3, 0.4) is 0 Å². The molecule has 2 aromatic rings. The number of thiocarbonyl (C=S) groups is 1. The molecule has 8 heteroatoms. The predicted molar refractivity (Wildman–Crippen MR) is 116 cm³/mol. The Morgan fingerprint density at radius 1 is 1.07 bits per heavy atom. The fraction of sp³-hybridized carbons (Fsp3) is 0.250. The van der Waals surface area contributed by atoms with Crippen molar-refractivity contribution in [1.82, 2.24) is 5.32 Å². The molecule has 0 fully saturated rings. The number of carbonyl (C=O) groups is 2. The van der Waals surface area contributed by atoms with Crippen LogP contribution in [0.2, 0.25) is 0 Å². The molecule has 0 heterocycles. The first-order valence-electron chi connectivity index (χ1n) is 8.76. The Labute approximate surface area is 177 Å². The van der Waals surface area contributed by atoms with Gasteiger partial charge in [0.05, 0.1) is 23.2 Å². The summed E-state index contributed by atoms with van der Waals surface area (Å²) in [5, 5.41) is 5.68. The molecular weight excluding hydrogens is 444 g/mol. The van der Waals surface area contributed by atoms with Crippen LogP contribution in [0.25, 0.3) is 0 Å². The topological polar surface area (TPSA) is 76.7 Å². The number of halogens is 1. The highest BCUT2D eigenvalue weighted by molar-refractivity contribution is 9.10. The Morgan fingerprint density at radius 2 is 1.75 bits per heavy atom. The van der Waals surface area contributed by atoms with E-state index in [0.717, 1.165) is 6.42 Å². The van der Waals surface area contributed by atoms with E-state index >= 15 is 0 Å². The third-order valence-electron chi connectivity index (χ3n) is 3.54. The first kappa shape index (κ1) is 21.8. The van der Waals surface area contributed by atoms with Crippen LogP contribution < -0.4 is 15.4 Å². The molecule has 148 valence electrons. The van der Waals surface area contributed by atoms with Gasteiger partial charge in [0, 0.05) is 11.3 Å². The molecule has 0 saturated carbocycles. The molecular formula is C20H21BrN2O4S. The van der Waals surface area contributed by atoms with E-state index in [1.165, 1.54) is 0 Å². The van der Waals surface area contributed by atoms with Crippen molar-refractivity contribution in [3.05, 3.63) is 58.1 Å². The number of rotatable bonds is 7. The van der Waals surface area contributed by atoms with Gasteiger partial charge in [0.25, 0.3) is 5.91 Å². The summed E-state index contributed by atoms with van der Waals surface area (Å²) in [5.74, 6) is -0.0500. The number of nitrogens with one attached hydrogen (secondary N) is 2. The highest BCUT2D eigenvalue weighted by Crippen LogP contribution is 2.26. The van der Waals surface area contributed by atoms with Gasteiger partial charge in [-0.15, -0.1) is 0 Å². The highest BCUT2D eigenvalue weighted by Gasteiger charge is 2.11. The maximum absolute atomic E-state index is 12.4. The average Bonchev–Trinajstić information content (AvgIpc) is 2.67. The molecule has 0 aliphatic heterocycles. The minimum absolute atomic E-state index is 0.149. The zero-order valence-corrected chi connectivity index (χ0v) is 18.0. The first-order valence-corrected chi connectivity index (χ1v) is 9.96. The van der Waals surface area contributed by atoms with E-state index in [9.17, 15) is 9.59 Å². The third-order valence-corrected chi connectivity index (χ3v) is 4.36. The van der Waals surface area contributed by atoms with Crippen LogP contribution in [0, 0.1) is 0 Å². The Kier molecular flexibility index (Phi) is 8.41. The summed E-state index contributed by atoms with van der Waals surface area (Å²) >= 11 is 8.59. The van der Waals surface area contributed by atoms with Crippen LogP contribution in [-0.4, -0.2) is 30.2 Å². The van der Waals surface area contributed by atoms with Gasteiger partial charge in [-0.1, -0.05) is 6.92 Å². The predicted octanol–water partition coefficient (Wildman–Crippen LogP) is 4.54. The van der Waals surface area contributed by atoms with Gasteiger partial charge in [0.15, 0.2) is 5.11 Å². The fourth-order valence-electron chi connectivity index (χ4n) is 2.21. The number of carbonyl (C=O) groups excluding carboxylic acids is 2. The molecule has 0 bridgehead atoms. The molecule has 0 unspecified atom stereocenters. The van der Waals surface area contributed by atoms with Gasteiger partial charge in [-0.25, -0.2) is 4.79 Å². The van der Waals surface area contributed by atoms with Crippen molar-refractivity contribution in [1.29, 1.82) is 0 Å². The van der Waals surface area contributed by atoms with Crippen LogP contribution in [0.5, 0.6) is 5.75 Å². The zero-order valence-electron chi connectivity index (χ0n) is 15.6. The van der Waals surface area contributed by atoms with Crippen LogP contribution in [0.1, 0.15) is 41.0 Å². The van der Waals surface area contributed by atoms with E-state index in [-0.39, 0.29) is 17.0 Å². The summed E-state index contributed by atoms with van der Waals surface area (Å²) in [5.41, 5.74) is 1.53. The molecule has 0 saturated heterocycles. The number of hydrogen-bond donors (Lipinski definition) is 2. The van der Waals surface area contributed by atoms with Gasteiger partial charge < -0.3 is 14.8 Å². The summed E-state index contributed by atoms with van der Waals surface area (Å²) < 4.78 is 11.2. The van der Waals surface area contributed by atoms with Crippen LogP contribution >= 0.6 is 28.1 Å². The average molecular weight is 465 g/mol. The lowest BCUT2D eigenvalue weighted by molar-refractivity contribution is 0.0526. The minimum atomic E-state index is -0.387. The van der Waals surface area contributed by atoms with E-state index in [2.05, 4.69) is 26.6 Å². The van der Waals surface area contributed by atoms with Gasteiger partial charge in [0.2, 0.25) is 0 Å². The lowest BCUT2D eigenvalue weighted by Gasteiger charge is -2.11. The number of amides is 1. The molecule has 2 N–H and O–H groups in total. The molecule has 0 aliphatic carbocycles. The molecule has 0 aromatic heterocycles. The molecule has 2 rings (SSSR count). The summed E-state index contributed by atoms with van der Waals surface area (Å²) in [6.45, 7) is 4.69. The molecule has 1 amide bonds. The monoisotopic (exact) mass is 464 g/mol.